The molecule has 1 fully saturated rings. The molecule has 0 saturated heterocycles. The molecule has 1 N–H and O–H groups in total. The third kappa shape index (κ3) is 3.87. The first-order valence-electron chi connectivity index (χ1n) is 7.32. The fourth-order valence-corrected chi connectivity index (χ4v) is 2.98. The van der Waals surface area contributed by atoms with Crippen LogP contribution in [0.1, 0.15) is 45.1 Å². The fraction of sp³-hybridized carbons (Fsp3) is 0.625. The predicted octanol–water partition coefficient (Wildman–Crippen LogP) is 4.22. The van der Waals surface area contributed by atoms with Gasteiger partial charge in [-0.05, 0) is 30.5 Å². The van der Waals surface area contributed by atoms with Gasteiger partial charge in [-0.1, -0.05) is 44.4 Å². The molecule has 1 aromatic rings. The second-order valence-corrected chi connectivity index (χ2v) is 6.29. The highest BCUT2D eigenvalue weighted by atomic mass is 35.5. The van der Waals surface area contributed by atoms with Crippen molar-refractivity contribution < 1.29 is 0 Å². The Labute approximate surface area is 122 Å². The Morgan fingerprint density at radius 3 is 2.63 bits per heavy atom. The highest BCUT2D eigenvalue weighted by Gasteiger charge is 2.21. The molecule has 0 spiro atoms. The summed E-state index contributed by atoms with van der Waals surface area (Å²) in [7, 11) is 2.21. The minimum absolute atomic E-state index is 0.500. The first kappa shape index (κ1) is 14.7. The van der Waals surface area contributed by atoms with Gasteiger partial charge in [0, 0.05) is 36.4 Å². The minimum atomic E-state index is 0.500. The maximum Gasteiger partial charge on any atom is 0.0426 e. The first-order valence-corrected chi connectivity index (χ1v) is 7.70. The summed E-state index contributed by atoms with van der Waals surface area (Å²) < 4.78 is 0. The lowest BCUT2D eigenvalue weighted by Gasteiger charge is -2.29. The van der Waals surface area contributed by atoms with Gasteiger partial charge in [0.2, 0.25) is 0 Å². The van der Waals surface area contributed by atoms with Crippen LogP contribution in [0.3, 0.4) is 0 Å². The lowest BCUT2D eigenvalue weighted by atomic mass is 10.1. The van der Waals surface area contributed by atoms with E-state index in [0.29, 0.717) is 12.1 Å². The van der Waals surface area contributed by atoms with Crippen LogP contribution >= 0.6 is 11.6 Å². The van der Waals surface area contributed by atoms with Crippen LogP contribution in [-0.4, -0.2) is 19.1 Å². The average molecular weight is 281 g/mol. The van der Waals surface area contributed by atoms with Gasteiger partial charge in [-0.25, -0.2) is 0 Å². The first-order chi connectivity index (χ1) is 9.08. The molecule has 19 heavy (non-hydrogen) atoms. The number of halogens is 1. The molecule has 0 atom stereocenters. The molecular formula is C16H25ClN2. The molecule has 2 rings (SSSR count). The molecule has 106 valence electrons. The number of benzene rings is 1. The van der Waals surface area contributed by atoms with Crippen molar-refractivity contribution in [2.75, 3.05) is 11.9 Å². The molecule has 2 nitrogen and oxygen atoms in total. The van der Waals surface area contributed by atoms with Gasteiger partial charge in [0.1, 0.15) is 0 Å². The molecule has 0 aromatic heterocycles. The SMILES string of the molecule is CC(C)NCc1ccc(Cl)cc1N(C)C1CCCC1. The molecule has 1 aliphatic carbocycles. The second kappa shape index (κ2) is 6.62. The van der Waals surface area contributed by atoms with Gasteiger partial charge in [-0.3, -0.25) is 0 Å². The summed E-state index contributed by atoms with van der Waals surface area (Å²) in [4.78, 5) is 2.43. The summed E-state index contributed by atoms with van der Waals surface area (Å²) in [6.45, 7) is 5.26. The second-order valence-electron chi connectivity index (χ2n) is 5.86. The Hall–Kier alpha value is -0.730. The molecule has 1 aliphatic rings. The molecule has 0 bridgehead atoms. The van der Waals surface area contributed by atoms with Gasteiger partial charge >= 0.3 is 0 Å². The van der Waals surface area contributed by atoms with Crippen molar-refractivity contribution in [3.63, 3.8) is 0 Å². The monoisotopic (exact) mass is 280 g/mol. The van der Waals surface area contributed by atoms with Gasteiger partial charge in [0.25, 0.3) is 0 Å². The summed E-state index contributed by atoms with van der Waals surface area (Å²) >= 11 is 6.18. The Morgan fingerprint density at radius 1 is 1.32 bits per heavy atom. The van der Waals surface area contributed by atoms with E-state index >= 15 is 0 Å². The minimum Gasteiger partial charge on any atom is -0.371 e. The van der Waals surface area contributed by atoms with E-state index < -0.39 is 0 Å². The van der Waals surface area contributed by atoms with Crippen LogP contribution in [0.4, 0.5) is 5.69 Å². The largest absolute Gasteiger partial charge is 0.371 e. The van der Waals surface area contributed by atoms with Crippen LogP contribution in [0.5, 0.6) is 0 Å². The average Bonchev–Trinajstić information content (AvgIpc) is 2.90. The van der Waals surface area contributed by atoms with Crippen LogP contribution in [-0.2, 0) is 6.54 Å². The summed E-state index contributed by atoms with van der Waals surface area (Å²) in [5.74, 6) is 0. The maximum absolute atomic E-state index is 6.18. The van der Waals surface area contributed by atoms with Gasteiger partial charge < -0.3 is 10.2 Å². The quantitative estimate of drug-likeness (QED) is 0.869. The van der Waals surface area contributed by atoms with E-state index in [-0.39, 0.29) is 0 Å². The van der Waals surface area contributed by atoms with Crippen LogP contribution in [0, 0.1) is 0 Å². The number of anilines is 1. The van der Waals surface area contributed by atoms with E-state index in [9.17, 15) is 0 Å². The van der Waals surface area contributed by atoms with Crippen molar-refractivity contribution in [3.8, 4) is 0 Å². The molecule has 1 saturated carbocycles. The van der Waals surface area contributed by atoms with Crippen molar-refractivity contribution >= 4 is 17.3 Å². The topological polar surface area (TPSA) is 15.3 Å². The Kier molecular flexibility index (Phi) is 5.12. The molecule has 0 heterocycles. The van der Waals surface area contributed by atoms with Crippen LogP contribution in [0.15, 0.2) is 18.2 Å². The van der Waals surface area contributed by atoms with Crippen LogP contribution < -0.4 is 10.2 Å². The number of hydrogen-bond donors (Lipinski definition) is 1. The van der Waals surface area contributed by atoms with Crippen molar-refractivity contribution in [2.24, 2.45) is 0 Å². The van der Waals surface area contributed by atoms with Crippen LogP contribution in [0.25, 0.3) is 0 Å². The normalized spacial score (nSPS) is 16.3. The lowest BCUT2D eigenvalue weighted by Crippen LogP contribution is -2.31. The lowest BCUT2D eigenvalue weighted by molar-refractivity contribution is 0.584. The molecule has 1 aromatic carbocycles. The smallest absolute Gasteiger partial charge is 0.0426 e. The van der Waals surface area contributed by atoms with Crippen molar-refractivity contribution in [1.82, 2.24) is 5.32 Å². The summed E-state index contributed by atoms with van der Waals surface area (Å²) in [6.07, 6.45) is 5.32. The third-order valence-electron chi connectivity index (χ3n) is 4.00. The zero-order valence-corrected chi connectivity index (χ0v) is 13.0. The van der Waals surface area contributed by atoms with Crippen molar-refractivity contribution in [3.05, 3.63) is 28.8 Å². The molecule has 0 radical (unpaired) electrons. The number of rotatable bonds is 5. The van der Waals surface area contributed by atoms with E-state index in [2.05, 4.69) is 43.2 Å². The zero-order valence-electron chi connectivity index (χ0n) is 12.2. The van der Waals surface area contributed by atoms with Gasteiger partial charge in [-0.2, -0.15) is 0 Å². The molecule has 0 unspecified atom stereocenters. The predicted molar refractivity (Wildman–Crippen MR) is 84.1 cm³/mol. The van der Waals surface area contributed by atoms with Gasteiger partial charge in [0.05, 0.1) is 0 Å². The maximum atomic E-state index is 6.18. The Bertz CT molecular complexity index is 411. The highest BCUT2D eigenvalue weighted by Crippen LogP contribution is 2.31. The standard InChI is InChI=1S/C16H25ClN2/c1-12(2)18-11-13-8-9-14(17)10-16(13)19(3)15-6-4-5-7-15/h8-10,12,15,18H,4-7,11H2,1-3H3. The molecule has 0 aliphatic heterocycles. The highest BCUT2D eigenvalue weighted by molar-refractivity contribution is 6.30. The number of hydrogen-bond acceptors (Lipinski definition) is 2. The molecule has 3 heteroatoms. The van der Waals surface area contributed by atoms with Crippen molar-refractivity contribution in [2.45, 2.75) is 58.2 Å². The van der Waals surface area contributed by atoms with E-state index in [4.69, 9.17) is 11.6 Å². The third-order valence-corrected chi connectivity index (χ3v) is 4.24. The fourth-order valence-electron chi connectivity index (χ4n) is 2.82. The summed E-state index contributed by atoms with van der Waals surface area (Å²) in [5, 5.41) is 4.32. The Balaban J connectivity index is 2.18. The van der Waals surface area contributed by atoms with Gasteiger partial charge in [-0.15, -0.1) is 0 Å². The summed E-state index contributed by atoms with van der Waals surface area (Å²) in [5.41, 5.74) is 2.63. The number of nitrogens with one attached hydrogen (secondary N) is 1. The van der Waals surface area contributed by atoms with Crippen LogP contribution in [0.2, 0.25) is 5.02 Å². The number of nitrogens with zero attached hydrogens (tertiary/aromatic N) is 1. The van der Waals surface area contributed by atoms with E-state index in [1.165, 1.54) is 36.9 Å². The van der Waals surface area contributed by atoms with Crippen molar-refractivity contribution in [1.29, 1.82) is 0 Å². The van der Waals surface area contributed by atoms with E-state index in [1.807, 2.05) is 6.07 Å². The zero-order chi connectivity index (χ0) is 13.8. The molecular weight excluding hydrogens is 256 g/mol. The van der Waals surface area contributed by atoms with Gasteiger partial charge in [0.15, 0.2) is 0 Å². The van der Waals surface area contributed by atoms with E-state index in [1.54, 1.807) is 0 Å². The Morgan fingerprint density at radius 2 is 2.00 bits per heavy atom. The summed E-state index contributed by atoms with van der Waals surface area (Å²) in [6, 6.07) is 7.43. The van der Waals surface area contributed by atoms with E-state index in [0.717, 1.165) is 11.6 Å². The molecule has 0 amide bonds.